The average Bonchev–Trinajstić information content (AvgIpc) is 2.84. The zero-order chi connectivity index (χ0) is 15.6. The quantitative estimate of drug-likeness (QED) is 0.904. The molecule has 1 N–H and O–H groups in total. The highest BCUT2D eigenvalue weighted by Gasteiger charge is 2.52. The van der Waals surface area contributed by atoms with E-state index in [1.807, 2.05) is 0 Å². The highest BCUT2D eigenvalue weighted by atomic mass is 19.4. The number of aromatic nitrogens is 2. The van der Waals surface area contributed by atoms with Crippen LogP contribution in [-0.4, -0.2) is 47.4 Å². The Hall–Kier alpha value is -1.90. The van der Waals surface area contributed by atoms with Crippen LogP contribution in [0, 0.1) is 11.8 Å². The summed E-state index contributed by atoms with van der Waals surface area (Å²) in [6.45, 7) is -0.457. The lowest BCUT2D eigenvalue weighted by atomic mass is 9.96. The Morgan fingerprint density at radius 3 is 2.71 bits per heavy atom. The van der Waals surface area contributed by atoms with Gasteiger partial charge in [-0.3, -0.25) is 4.79 Å². The molecular weight excluding hydrogens is 291 g/mol. The molecule has 0 unspecified atom stereocenters. The molecule has 2 heterocycles. The largest absolute Gasteiger partial charge is 0.481 e. The number of ether oxygens (including phenoxy) is 1. The van der Waals surface area contributed by atoms with Gasteiger partial charge >= 0.3 is 12.1 Å². The van der Waals surface area contributed by atoms with Gasteiger partial charge in [0.1, 0.15) is 12.1 Å². The lowest BCUT2D eigenvalue weighted by Gasteiger charge is -2.19. The third-order valence-electron chi connectivity index (χ3n) is 3.38. The van der Waals surface area contributed by atoms with E-state index < -0.39 is 30.5 Å². The molecule has 1 aliphatic rings. The zero-order valence-corrected chi connectivity index (χ0v) is 11.2. The van der Waals surface area contributed by atoms with Crippen molar-refractivity contribution in [2.24, 2.45) is 11.8 Å². The Balaban J connectivity index is 2.22. The van der Waals surface area contributed by atoms with Crippen LogP contribution in [0.15, 0.2) is 12.4 Å². The monoisotopic (exact) mass is 305 g/mol. The highest BCUT2D eigenvalue weighted by molar-refractivity contribution is 5.72. The summed E-state index contributed by atoms with van der Waals surface area (Å²) in [7, 11) is 1.47. The van der Waals surface area contributed by atoms with Gasteiger partial charge in [-0.2, -0.15) is 13.2 Å². The first-order valence-corrected chi connectivity index (χ1v) is 6.17. The van der Waals surface area contributed by atoms with E-state index in [-0.39, 0.29) is 19.0 Å². The predicted octanol–water partition coefficient (Wildman–Crippen LogP) is 1.32. The van der Waals surface area contributed by atoms with E-state index in [1.165, 1.54) is 24.4 Å². The summed E-state index contributed by atoms with van der Waals surface area (Å²) in [5, 5.41) is 8.97. The van der Waals surface area contributed by atoms with Crippen molar-refractivity contribution in [3.63, 3.8) is 0 Å². The number of rotatable bonds is 4. The SMILES string of the molecule is COCc1cc(N2C[C@H](C(=O)O)[C@@H](C(F)(F)F)C2)ncn1. The molecule has 2 rings (SSSR count). The van der Waals surface area contributed by atoms with E-state index in [1.54, 1.807) is 0 Å². The molecule has 1 aromatic heterocycles. The van der Waals surface area contributed by atoms with Crippen molar-refractivity contribution in [2.45, 2.75) is 12.8 Å². The van der Waals surface area contributed by atoms with Crippen LogP contribution in [0.4, 0.5) is 19.0 Å². The summed E-state index contributed by atoms with van der Waals surface area (Å²) in [6, 6.07) is 1.50. The van der Waals surface area contributed by atoms with E-state index >= 15 is 0 Å². The molecule has 1 saturated heterocycles. The second-order valence-electron chi connectivity index (χ2n) is 4.80. The van der Waals surface area contributed by atoms with Crippen molar-refractivity contribution < 1.29 is 27.8 Å². The molecule has 6 nitrogen and oxygen atoms in total. The van der Waals surface area contributed by atoms with Gasteiger partial charge in [-0.15, -0.1) is 0 Å². The van der Waals surface area contributed by atoms with Crippen molar-refractivity contribution in [1.82, 2.24) is 9.97 Å². The number of halogens is 3. The maximum atomic E-state index is 12.9. The summed E-state index contributed by atoms with van der Waals surface area (Å²) >= 11 is 0. The number of hydrogen-bond acceptors (Lipinski definition) is 5. The number of aliphatic carboxylic acids is 1. The minimum atomic E-state index is -4.56. The standard InChI is InChI=1S/C12H14F3N3O3/c1-21-5-7-2-10(17-6-16-7)18-3-8(11(19)20)9(4-18)12(13,14)15/h2,6,8-9H,3-5H2,1H3,(H,19,20)/t8-,9-/m0/s1. The van der Waals surface area contributed by atoms with Crippen LogP contribution in [0.1, 0.15) is 5.69 Å². The molecule has 0 bridgehead atoms. The average molecular weight is 305 g/mol. The Labute approximate surface area is 118 Å². The molecule has 0 aromatic carbocycles. The molecule has 2 atom stereocenters. The Morgan fingerprint density at radius 2 is 2.19 bits per heavy atom. The lowest BCUT2D eigenvalue weighted by molar-refractivity contribution is -0.187. The highest BCUT2D eigenvalue weighted by Crippen LogP contribution is 2.38. The zero-order valence-electron chi connectivity index (χ0n) is 11.2. The predicted molar refractivity (Wildman–Crippen MR) is 65.6 cm³/mol. The summed E-state index contributed by atoms with van der Waals surface area (Å²) in [6.07, 6.45) is -3.33. The molecule has 0 amide bonds. The number of carbonyl (C=O) groups is 1. The number of carboxylic acids is 1. The Morgan fingerprint density at radius 1 is 1.48 bits per heavy atom. The van der Waals surface area contributed by atoms with E-state index in [0.29, 0.717) is 5.69 Å². The van der Waals surface area contributed by atoms with Gasteiger partial charge in [-0.05, 0) is 0 Å². The van der Waals surface area contributed by atoms with E-state index in [4.69, 9.17) is 9.84 Å². The maximum Gasteiger partial charge on any atom is 0.394 e. The Bertz CT molecular complexity index is 524. The molecule has 1 aliphatic heterocycles. The molecular formula is C12H14F3N3O3. The first kappa shape index (κ1) is 15.5. The van der Waals surface area contributed by atoms with Crippen LogP contribution in [-0.2, 0) is 16.1 Å². The summed E-state index contributed by atoms with van der Waals surface area (Å²) < 4.78 is 43.6. The number of alkyl halides is 3. The maximum absolute atomic E-state index is 12.9. The number of carboxylic acid groups (broad SMARTS) is 1. The normalized spacial score (nSPS) is 22.6. The first-order valence-electron chi connectivity index (χ1n) is 6.17. The molecule has 0 spiro atoms. The van der Waals surface area contributed by atoms with Crippen LogP contribution in [0.2, 0.25) is 0 Å². The number of methoxy groups -OCH3 is 1. The topological polar surface area (TPSA) is 75.5 Å². The molecule has 0 aliphatic carbocycles. The number of nitrogens with zero attached hydrogens (tertiary/aromatic N) is 3. The van der Waals surface area contributed by atoms with E-state index in [0.717, 1.165) is 0 Å². The van der Waals surface area contributed by atoms with Crippen LogP contribution >= 0.6 is 0 Å². The van der Waals surface area contributed by atoms with Crippen molar-refractivity contribution in [3.05, 3.63) is 18.1 Å². The van der Waals surface area contributed by atoms with Gasteiger partial charge in [-0.1, -0.05) is 0 Å². The molecule has 0 radical (unpaired) electrons. The molecule has 0 saturated carbocycles. The van der Waals surface area contributed by atoms with Crippen molar-refractivity contribution in [3.8, 4) is 0 Å². The van der Waals surface area contributed by atoms with E-state index in [2.05, 4.69) is 9.97 Å². The van der Waals surface area contributed by atoms with Crippen molar-refractivity contribution >= 4 is 11.8 Å². The number of anilines is 1. The minimum Gasteiger partial charge on any atom is -0.481 e. The van der Waals surface area contributed by atoms with Gasteiger partial charge in [0.05, 0.1) is 24.1 Å². The second-order valence-corrected chi connectivity index (χ2v) is 4.80. The second kappa shape index (κ2) is 5.84. The fourth-order valence-corrected chi connectivity index (χ4v) is 2.36. The summed E-state index contributed by atoms with van der Waals surface area (Å²) in [5.41, 5.74) is 0.518. The third kappa shape index (κ3) is 3.41. The van der Waals surface area contributed by atoms with Gasteiger partial charge in [0.2, 0.25) is 0 Å². The summed E-state index contributed by atoms with van der Waals surface area (Å²) in [4.78, 5) is 20.2. The van der Waals surface area contributed by atoms with Crippen LogP contribution in [0.25, 0.3) is 0 Å². The van der Waals surface area contributed by atoms with Crippen LogP contribution in [0.5, 0.6) is 0 Å². The van der Waals surface area contributed by atoms with Crippen molar-refractivity contribution in [1.29, 1.82) is 0 Å². The molecule has 21 heavy (non-hydrogen) atoms. The fourth-order valence-electron chi connectivity index (χ4n) is 2.36. The first-order chi connectivity index (χ1) is 9.82. The fraction of sp³-hybridized carbons (Fsp3) is 0.583. The lowest BCUT2D eigenvalue weighted by Crippen LogP contribution is -2.33. The van der Waals surface area contributed by atoms with Gasteiger partial charge in [0, 0.05) is 26.3 Å². The summed E-state index contributed by atoms with van der Waals surface area (Å²) in [5.74, 6) is -4.58. The van der Waals surface area contributed by atoms with Crippen LogP contribution in [0.3, 0.4) is 0 Å². The van der Waals surface area contributed by atoms with Gasteiger partial charge in [-0.25, -0.2) is 9.97 Å². The van der Waals surface area contributed by atoms with E-state index in [9.17, 15) is 18.0 Å². The minimum absolute atomic E-state index is 0.203. The van der Waals surface area contributed by atoms with Gasteiger partial charge in [0.15, 0.2) is 0 Å². The van der Waals surface area contributed by atoms with Crippen molar-refractivity contribution in [2.75, 3.05) is 25.1 Å². The third-order valence-corrected chi connectivity index (χ3v) is 3.38. The smallest absolute Gasteiger partial charge is 0.394 e. The van der Waals surface area contributed by atoms with Gasteiger partial charge in [0.25, 0.3) is 0 Å². The van der Waals surface area contributed by atoms with Gasteiger partial charge < -0.3 is 14.7 Å². The molecule has 116 valence electrons. The number of hydrogen-bond donors (Lipinski definition) is 1. The molecule has 1 aromatic rings. The molecule has 9 heteroatoms. The Kier molecular flexibility index (Phi) is 4.31. The molecule has 1 fully saturated rings. The van der Waals surface area contributed by atoms with Crippen LogP contribution < -0.4 is 4.90 Å².